The molecular weight excluding hydrogens is 1400 g/mol. The monoisotopic (exact) mass is 1470 g/mol. The molecule has 4 aliphatic heterocycles. The largest absolute Gasteiger partial charge is 0.478 e. The molecule has 0 radical (unpaired) electrons. The summed E-state index contributed by atoms with van der Waals surface area (Å²) in [5.74, 6) is -7.80. The summed E-state index contributed by atoms with van der Waals surface area (Å²) < 4.78 is 147. The number of rotatable bonds is 23. The number of aromatic nitrogens is 5. The highest BCUT2D eigenvalue weighted by molar-refractivity contribution is 14.1. The minimum absolute atomic E-state index is 0.00321. The summed E-state index contributed by atoms with van der Waals surface area (Å²) in [4.78, 5) is 42.1. The molecule has 4 atom stereocenters. The van der Waals surface area contributed by atoms with Gasteiger partial charge in [0.05, 0.1) is 59.7 Å². The molecule has 9 rings (SSSR count). The zero-order valence-corrected chi connectivity index (χ0v) is 54.7. The van der Waals surface area contributed by atoms with Crippen molar-refractivity contribution in [3.8, 4) is 23.5 Å². The third-order valence-corrected chi connectivity index (χ3v) is 14.4. The van der Waals surface area contributed by atoms with Crippen LogP contribution in [-0.4, -0.2) is 177 Å². The number of carboxylic acids is 1. The third kappa shape index (κ3) is 31.0. The van der Waals surface area contributed by atoms with Crippen LogP contribution in [0.15, 0.2) is 61.3 Å². The van der Waals surface area contributed by atoms with Crippen molar-refractivity contribution in [2.75, 3.05) is 105 Å². The lowest BCUT2D eigenvalue weighted by Gasteiger charge is -2.22. The number of alkyl halides is 1. The van der Waals surface area contributed by atoms with Crippen LogP contribution in [0, 0.1) is 35.0 Å². The smallest absolute Gasteiger partial charge is 0.341 e. The molecular formula is C59H74Cl3F6IN6O16. The fraction of sp³-hybridized carbons (Fsp3) is 0.542. The van der Waals surface area contributed by atoms with Crippen LogP contribution in [0.25, 0.3) is 0 Å². The summed E-state index contributed by atoms with van der Waals surface area (Å²) in [5.41, 5.74) is -0.561. The van der Waals surface area contributed by atoms with Crippen molar-refractivity contribution in [3.05, 3.63) is 123 Å². The zero-order valence-electron chi connectivity index (χ0n) is 50.3. The van der Waals surface area contributed by atoms with E-state index in [0.29, 0.717) is 26.4 Å². The molecule has 0 saturated carbocycles. The average Bonchev–Trinajstić information content (AvgIpc) is 1.51. The van der Waals surface area contributed by atoms with E-state index < -0.39 is 57.6 Å². The van der Waals surface area contributed by atoms with Crippen LogP contribution in [-0.2, 0) is 42.6 Å². The molecule has 4 saturated heterocycles. The van der Waals surface area contributed by atoms with E-state index >= 15 is 0 Å². The predicted molar refractivity (Wildman–Crippen MR) is 327 cm³/mol. The molecule has 0 spiro atoms. The maximum absolute atomic E-state index is 13.9. The topological polar surface area (TPSA) is 242 Å². The molecule has 5 aromatic heterocycles. The summed E-state index contributed by atoms with van der Waals surface area (Å²) in [6, 6.07) is 6.55. The summed E-state index contributed by atoms with van der Waals surface area (Å²) in [7, 11) is 5.27. The number of halogens is 10. The predicted octanol–water partition coefficient (Wildman–Crippen LogP) is 12.3. The summed E-state index contributed by atoms with van der Waals surface area (Å²) in [5, 5.41) is 7.87. The van der Waals surface area contributed by atoms with E-state index in [1.165, 1.54) is 50.0 Å². The highest BCUT2D eigenvalue weighted by Crippen LogP contribution is 2.28. The molecule has 32 heteroatoms. The number of pyridine rings is 5. The molecule has 5 aromatic rings. The SMILES string of the molecule is CN(C)CI.COC(=O)c1cnc(OCCOC2CCCCO2)c(F)c1Cl.Fc1c(Cl)ccnc1OCCOC1CCCCO1.Fc1cccnc1F.Fc1cccnc1OCCOC1CCCCO1.O=C(O)c1cnc(OCCOC2CCCCO2)c(F)c1Cl. The van der Waals surface area contributed by atoms with E-state index in [4.69, 9.17) is 96.8 Å². The maximum Gasteiger partial charge on any atom is 0.341 e. The second kappa shape index (κ2) is 45.9. The molecule has 506 valence electrons. The summed E-state index contributed by atoms with van der Waals surface area (Å²) in [6.45, 7) is 4.64. The molecule has 9 heterocycles. The molecule has 1 N–H and O–H groups in total. The number of carbonyl (C=O) groups excluding carboxylic acids is 1. The van der Waals surface area contributed by atoms with Gasteiger partial charge in [0.2, 0.25) is 29.3 Å². The van der Waals surface area contributed by atoms with Crippen LogP contribution in [0.1, 0.15) is 97.8 Å². The Balaban J connectivity index is 0.000000243. The van der Waals surface area contributed by atoms with Gasteiger partial charge in [-0.25, -0.2) is 43.3 Å². The molecule has 0 aromatic carbocycles. The van der Waals surface area contributed by atoms with Gasteiger partial charge >= 0.3 is 11.9 Å². The van der Waals surface area contributed by atoms with Crippen molar-refractivity contribution in [2.24, 2.45) is 0 Å². The second-order valence-corrected chi connectivity index (χ2v) is 21.1. The van der Waals surface area contributed by atoms with Crippen LogP contribution in [0.4, 0.5) is 26.3 Å². The lowest BCUT2D eigenvalue weighted by Crippen LogP contribution is -2.24. The summed E-state index contributed by atoms with van der Waals surface area (Å²) >= 11 is 19.3. The first-order chi connectivity index (χ1) is 43.9. The van der Waals surface area contributed by atoms with Crippen molar-refractivity contribution in [3.63, 3.8) is 0 Å². The van der Waals surface area contributed by atoms with Gasteiger partial charge in [-0.3, -0.25) is 0 Å². The second-order valence-electron chi connectivity index (χ2n) is 19.2. The fourth-order valence-corrected chi connectivity index (χ4v) is 8.04. The average molecular weight is 1470 g/mol. The number of esters is 1. The number of methoxy groups -OCH3 is 1. The highest BCUT2D eigenvalue weighted by Gasteiger charge is 2.23. The van der Waals surface area contributed by atoms with Gasteiger partial charge in [-0.05, 0) is 121 Å². The Bertz CT molecular complexity index is 2860. The van der Waals surface area contributed by atoms with Crippen molar-refractivity contribution >= 4 is 69.3 Å². The van der Waals surface area contributed by atoms with Crippen LogP contribution in [0.3, 0.4) is 0 Å². The van der Waals surface area contributed by atoms with Gasteiger partial charge in [-0.15, -0.1) is 0 Å². The van der Waals surface area contributed by atoms with Crippen molar-refractivity contribution in [1.29, 1.82) is 0 Å². The van der Waals surface area contributed by atoms with E-state index in [0.717, 1.165) is 113 Å². The Hall–Kier alpha value is -5.29. The standard InChI is InChI=1S/C14H17ClFNO5.C13H15ClFNO5.C12H15ClFNO3.C12H16FNO3.C5H3F2N.C3H8IN/c1-19-14(18)9-8-17-13(12(16)11(9)15)22-7-6-21-10-4-2-3-5-20-10;14-10-8(13(17)18)7-16-12(11(10)15)21-6-5-20-9-3-1-2-4-19-9;13-9-4-5-15-12(11(9)14)18-8-7-17-10-3-1-2-6-16-10;13-10-4-3-6-14-12(10)17-9-8-16-11-5-1-2-7-15-11;6-4-2-1-3-8-5(4)7;1-5(2)3-4/h8,10H,2-7H2,1H3;7,9H,1-6H2,(H,17,18);4-5,10H,1-3,6-8H2;3-4,6,11H,1-2,5,7-9H2;1-3H;3H2,1-2H3. The van der Waals surface area contributed by atoms with E-state index in [1.807, 2.05) is 14.1 Å². The van der Waals surface area contributed by atoms with Gasteiger partial charge in [0, 0.05) is 62.0 Å². The first kappa shape index (κ1) is 78.2. The Morgan fingerprint density at radius 2 is 0.901 bits per heavy atom. The molecule has 0 bridgehead atoms. The van der Waals surface area contributed by atoms with E-state index in [1.54, 1.807) is 0 Å². The highest BCUT2D eigenvalue weighted by atomic mass is 127. The lowest BCUT2D eigenvalue weighted by molar-refractivity contribution is -0.165. The number of aromatic carboxylic acids is 1. The van der Waals surface area contributed by atoms with Crippen molar-refractivity contribution < 1.29 is 103 Å². The Kier molecular flexibility index (Phi) is 39.4. The fourth-order valence-electron chi connectivity index (χ4n) is 7.49. The summed E-state index contributed by atoms with van der Waals surface area (Å²) in [6.07, 6.45) is 17.4. The minimum atomic E-state index is -1.35. The first-order valence-electron chi connectivity index (χ1n) is 28.7. The van der Waals surface area contributed by atoms with Gasteiger partial charge in [0.15, 0.2) is 36.8 Å². The van der Waals surface area contributed by atoms with E-state index in [2.05, 4.69) is 57.1 Å². The molecule has 22 nitrogen and oxygen atoms in total. The van der Waals surface area contributed by atoms with Crippen molar-refractivity contribution in [1.82, 2.24) is 29.8 Å². The number of ether oxygens (including phenoxy) is 13. The van der Waals surface area contributed by atoms with E-state index in [-0.39, 0.29) is 104 Å². The molecule has 4 unspecified atom stereocenters. The van der Waals surface area contributed by atoms with Crippen LogP contribution in [0.5, 0.6) is 23.5 Å². The molecule has 0 amide bonds. The van der Waals surface area contributed by atoms with E-state index in [9.17, 15) is 35.9 Å². The Morgan fingerprint density at radius 1 is 0.527 bits per heavy atom. The third-order valence-electron chi connectivity index (χ3n) is 12.0. The van der Waals surface area contributed by atoms with Gasteiger partial charge in [-0.1, -0.05) is 57.4 Å². The number of carboxylic acid groups (broad SMARTS) is 1. The lowest BCUT2D eigenvalue weighted by atomic mass is 10.2. The number of hydrogen-bond acceptors (Lipinski definition) is 21. The van der Waals surface area contributed by atoms with Crippen LogP contribution < -0.4 is 18.9 Å². The number of carbonyl (C=O) groups is 2. The van der Waals surface area contributed by atoms with Crippen molar-refractivity contribution in [2.45, 2.75) is 102 Å². The molecule has 0 aliphatic carbocycles. The number of nitrogens with zero attached hydrogens (tertiary/aromatic N) is 6. The Labute approximate surface area is 552 Å². The van der Waals surface area contributed by atoms with Gasteiger partial charge in [0.25, 0.3) is 17.6 Å². The van der Waals surface area contributed by atoms with Crippen LogP contribution in [0.2, 0.25) is 15.1 Å². The van der Waals surface area contributed by atoms with Gasteiger partial charge < -0.3 is 71.6 Å². The normalized spacial score (nSPS) is 17.6. The van der Waals surface area contributed by atoms with Gasteiger partial charge in [-0.2, -0.15) is 17.6 Å². The minimum Gasteiger partial charge on any atom is -0.478 e. The Morgan fingerprint density at radius 3 is 1.25 bits per heavy atom. The quantitative estimate of drug-likeness (QED) is 0.0121. The zero-order chi connectivity index (χ0) is 66.2. The molecule has 4 fully saturated rings. The molecule has 4 aliphatic rings. The van der Waals surface area contributed by atoms with Crippen LogP contribution >= 0.6 is 57.4 Å². The molecule has 91 heavy (non-hydrogen) atoms. The van der Waals surface area contributed by atoms with Gasteiger partial charge in [0.1, 0.15) is 26.4 Å². The number of hydrogen-bond donors (Lipinski definition) is 1. The first-order valence-corrected chi connectivity index (χ1v) is 31.4. The maximum atomic E-state index is 13.9.